The van der Waals surface area contributed by atoms with E-state index in [0.29, 0.717) is 17.3 Å². The molecule has 0 aromatic carbocycles. The van der Waals surface area contributed by atoms with Crippen molar-refractivity contribution in [2.75, 3.05) is 0 Å². The Balaban J connectivity index is 0. The molecule has 0 aromatic heterocycles. The van der Waals surface area contributed by atoms with Gasteiger partial charge in [-0.25, -0.2) is 0 Å². The largest absolute Gasteiger partial charge is 0.0990 e. The van der Waals surface area contributed by atoms with Crippen molar-refractivity contribution >= 4 is 0 Å². The molecule has 0 radical (unpaired) electrons. The molecule has 1 saturated carbocycles. The van der Waals surface area contributed by atoms with E-state index in [9.17, 15) is 0 Å². The molecular weight excluding hydrogens is 348 g/mol. The number of hydrogen-bond acceptors (Lipinski definition) is 0. The lowest BCUT2D eigenvalue weighted by molar-refractivity contribution is 0.106. The molecule has 0 aromatic rings. The zero-order valence-electron chi connectivity index (χ0n) is 21.6. The van der Waals surface area contributed by atoms with Gasteiger partial charge in [0.05, 0.1) is 0 Å². The Hall–Kier alpha value is -1.56. The third-order valence-corrected chi connectivity index (χ3v) is 5.40. The van der Waals surface area contributed by atoms with Crippen LogP contribution in [0.5, 0.6) is 0 Å². The standard InChI is InChI=1S/C24H36.C3H8.C2H6/c1-10-11-21(16-20(7)17(2)3)19(6)12-13-22(18(4)5)23-14-15-24(23,8)9;1-3-2;1-2/h10-13,16-17,23H,1,6,14-15H2,2-5,7-9H3;3H2,1-2H3;1-2H3/b13-12-,20-16+,21-11+;;. The lowest BCUT2D eigenvalue weighted by Crippen LogP contribution is -2.35. The summed E-state index contributed by atoms with van der Waals surface area (Å²) in [4.78, 5) is 0. The molecule has 0 aliphatic heterocycles. The SMILES string of the molecule is C=C/C=C(\C=C(/C)C(C)C)C(=C)/C=C\C(=C(C)C)C1CCC1(C)C.CC.CCC. The lowest BCUT2D eigenvalue weighted by Gasteiger charge is -2.46. The minimum atomic E-state index is 0.423. The van der Waals surface area contributed by atoms with Gasteiger partial charge in [0.25, 0.3) is 0 Å². The molecule has 1 aliphatic carbocycles. The molecule has 166 valence electrons. The van der Waals surface area contributed by atoms with Crippen molar-refractivity contribution in [3.05, 3.63) is 71.4 Å². The predicted octanol–water partition coefficient (Wildman–Crippen LogP) is 10.0. The maximum atomic E-state index is 4.29. The average Bonchev–Trinajstić information content (AvgIpc) is 2.65. The van der Waals surface area contributed by atoms with Crippen LogP contribution in [0.2, 0.25) is 0 Å². The smallest absolute Gasteiger partial charge is 0.0111 e. The Morgan fingerprint density at radius 1 is 1.07 bits per heavy atom. The summed E-state index contributed by atoms with van der Waals surface area (Å²) in [7, 11) is 0. The van der Waals surface area contributed by atoms with Crippen LogP contribution >= 0.6 is 0 Å². The first-order valence-corrected chi connectivity index (χ1v) is 11.6. The van der Waals surface area contributed by atoms with Gasteiger partial charge in [-0.05, 0) is 67.6 Å². The molecule has 1 rings (SSSR count). The van der Waals surface area contributed by atoms with Crippen LogP contribution in [0.4, 0.5) is 0 Å². The average molecular weight is 399 g/mol. The first-order chi connectivity index (χ1) is 13.5. The van der Waals surface area contributed by atoms with Gasteiger partial charge in [0.15, 0.2) is 0 Å². The van der Waals surface area contributed by atoms with Crippen LogP contribution in [0.1, 0.15) is 95.4 Å². The van der Waals surface area contributed by atoms with Crippen molar-refractivity contribution in [3.63, 3.8) is 0 Å². The predicted molar refractivity (Wildman–Crippen MR) is 137 cm³/mol. The summed E-state index contributed by atoms with van der Waals surface area (Å²) in [6, 6.07) is 0. The molecule has 1 aliphatic rings. The van der Waals surface area contributed by atoms with E-state index in [4.69, 9.17) is 0 Å². The van der Waals surface area contributed by atoms with Gasteiger partial charge in [-0.1, -0.05) is 116 Å². The van der Waals surface area contributed by atoms with E-state index in [1.54, 1.807) is 0 Å². The monoisotopic (exact) mass is 398 g/mol. The van der Waals surface area contributed by atoms with Crippen molar-refractivity contribution in [1.82, 2.24) is 0 Å². The van der Waals surface area contributed by atoms with E-state index in [2.05, 4.69) is 93.7 Å². The number of rotatable bonds is 7. The highest BCUT2D eigenvalue weighted by atomic mass is 14.4. The molecule has 0 heterocycles. The molecule has 1 atom stereocenters. The van der Waals surface area contributed by atoms with Crippen LogP contribution in [-0.2, 0) is 0 Å². The zero-order chi connectivity index (χ0) is 23.2. The Labute approximate surface area is 184 Å². The van der Waals surface area contributed by atoms with Gasteiger partial charge in [0.1, 0.15) is 0 Å². The molecule has 0 amide bonds. The van der Waals surface area contributed by atoms with Crippen molar-refractivity contribution in [2.45, 2.75) is 95.4 Å². The third kappa shape index (κ3) is 10.7. The summed E-state index contributed by atoms with van der Waals surface area (Å²) in [5, 5.41) is 0. The highest BCUT2D eigenvalue weighted by molar-refractivity contribution is 5.49. The Morgan fingerprint density at radius 2 is 1.59 bits per heavy atom. The number of allylic oxidation sites excluding steroid dienone is 10. The highest BCUT2D eigenvalue weighted by Gasteiger charge is 2.39. The first kappa shape index (κ1) is 29.6. The van der Waals surface area contributed by atoms with Crippen LogP contribution in [0.15, 0.2) is 71.4 Å². The molecule has 0 saturated heterocycles. The maximum absolute atomic E-state index is 4.29. The van der Waals surface area contributed by atoms with Gasteiger partial charge in [0, 0.05) is 0 Å². The summed E-state index contributed by atoms with van der Waals surface area (Å²) in [5.74, 6) is 1.21. The lowest BCUT2D eigenvalue weighted by atomic mass is 9.59. The molecule has 0 N–H and O–H groups in total. The van der Waals surface area contributed by atoms with Crippen molar-refractivity contribution < 1.29 is 0 Å². The molecule has 29 heavy (non-hydrogen) atoms. The fourth-order valence-corrected chi connectivity index (χ4v) is 3.15. The molecule has 1 unspecified atom stereocenters. The van der Waals surface area contributed by atoms with Gasteiger partial charge in [-0.3, -0.25) is 0 Å². The molecule has 0 heteroatoms. The van der Waals surface area contributed by atoms with Crippen LogP contribution < -0.4 is 0 Å². The van der Waals surface area contributed by atoms with E-state index < -0.39 is 0 Å². The van der Waals surface area contributed by atoms with Crippen LogP contribution in [0, 0.1) is 17.3 Å². The first-order valence-electron chi connectivity index (χ1n) is 11.6. The van der Waals surface area contributed by atoms with Gasteiger partial charge >= 0.3 is 0 Å². The quantitative estimate of drug-likeness (QED) is 0.374. The second-order valence-corrected chi connectivity index (χ2v) is 9.00. The van der Waals surface area contributed by atoms with Gasteiger partial charge in [0.2, 0.25) is 0 Å². The minimum Gasteiger partial charge on any atom is -0.0990 e. The van der Waals surface area contributed by atoms with Crippen molar-refractivity contribution in [2.24, 2.45) is 17.3 Å². The molecular formula is C29H50. The second-order valence-electron chi connectivity index (χ2n) is 9.00. The third-order valence-electron chi connectivity index (χ3n) is 5.40. The van der Waals surface area contributed by atoms with Crippen molar-refractivity contribution in [1.29, 1.82) is 0 Å². The van der Waals surface area contributed by atoms with Crippen molar-refractivity contribution in [3.8, 4) is 0 Å². The molecule has 0 nitrogen and oxygen atoms in total. The fraction of sp³-hybridized carbons (Fsp3) is 0.586. The minimum absolute atomic E-state index is 0.423. The topological polar surface area (TPSA) is 0 Å². The molecule has 0 bridgehead atoms. The Bertz CT molecular complexity index is 610. The van der Waals surface area contributed by atoms with Gasteiger partial charge in [-0.15, -0.1) is 0 Å². The second kappa shape index (κ2) is 15.3. The highest BCUT2D eigenvalue weighted by Crippen LogP contribution is 2.50. The van der Waals surface area contributed by atoms with Crippen LogP contribution in [-0.4, -0.2) is 0 Å². The molecule has 1 fully saturated rings. The summed E-state index contributed by atoms with van der Waals surface area (Å²) < 4.78 is 0. The van der Waals surface area contributed by atoms with Gasteiger partial charge in [-0.2, -0.15) is 0 Å². The number of hydrogen-bond donors (Lipinski definition) is 0. The van der Waals surface area contributed by atoms with E-state index in [1.165, 1.54) is 36.0 Å². The fourth-order valence-electron chi connectivity index (χ4n) is 3.15. The van der Waals surface area contributed by atoms with E-state index in [1.807, 2.05) is 26.0 Å². The summed E-state index contributed by atoms with van der Waals surface area (Å²) >= 11 is 0. The summed E-state index contributed by atoms with van der Waals surface area (Å²) in [5.41, 5.74) is 6.88. The van der Waals surface area contributed by atoms with E-state index >= 15 is 0 Å². The summed E-state index contributed by atoms with van der Waals surface area (Å²) in [6.45, 7) is 32.2. The van der Waals surface area contributed by atoms with Crippen LogP contribution in [0.25, 0.3) is 0 Å². The van der Waals surface area contributed by atoms with E-state index in [-0.39, 0.29) is 0 Å². The summed E-state index contributed by atoms with van der Waals surface area (Å²) in [6.07, 6.45) is 14.5. The Kier molecular flexibility index (Phi) is 15.6. The zero-order valence-corrected chi connectivity index (χ0v) is 21.6. The van der Waals surface area contributed by atoms with E-state index in [0.717, 1.165) is 11.1 Å². The normalized spacial score (nSPS) is 18.1. The maximum Gasteiger partial charge on any atom is -0.0111 e. The molecule has 0 spiro atoms. The Morgan fingerprint density at radius 3 is 1.90 bits per heavy atom. The van der Waals surface area contributed by atoms with Crippen LogP contribution in [0.3, 0.4) is 0 Å². The van der Waals surface area contributed by atoms with Gasteiger partial charge < -0.3 is 0 Å².